The van der Waals surface area contributed by atoms with Gasteiger partial charge in [0.05, 0.1) is 6.21 Å². The molecule has 0 saturated carbocycles. The molecule has 22 heavy (non-hydrogen) atoms. The third-order valence-electron chi connectivity index (χ3n) is 2.77. The van der Waals surface area contributed by atoms with Gasteiger partial charge in [-0.3, -0.25) is 10.2 Å². The van der Waals surface area contributed by atoms with Crippen LogP contribution in [0.4, 0.5) is 4.79 Å². The lowest BCUT2D eigenvalue weighted by Crippen LogP contribution is -2.37. The van der Waals surface area contributed by atoms with Gasteiger partial charge in [0.2, 0.25) is 0 Å². The summed E-state index contributed by atoms with van der Waals surface area (Å²) in [6.45, 7) is 0. The van der Waals surface area contributed by atoms with Crippen LogP contribution < -0.4 is 22.0 Å². The van der Waals surface area contributed by atoms with E-state index in [1.165, 1.54) is 6.21 Å². The quantitative estimate of drug-likeness (QED) is 0.289. The number of benzene rings is 1. The lowest BCUT2D eigenvalue weighted by atomic mass is 10.1. The molecule has 0 atom stereocenters. The lowest BCUT2D eigenvalue weighted by molar-refractivity contribution is 0.0963. The van der Waals surface area contributed by atoms with Gasteiger partial charge in [0.25, 0.3) is 5.91 Å². The van der Waals surface area contributed by atoms with Gasteiger partial charge in [-0.2, -0.15) is 5.10 Å². The Hall–Kier alpha value is -3.13. The largest absolute Gasteiger partial charge is 0.455 e. The third-order valence-corrected chi connectivity index (χ3v) is 2.77. The minimum atomic E-state index is -0.632. The second-order valence-corrected chi connectivity index (χ2v) is 4.20. The van der Waals surface area contributed by atoms with E-state index >= 15 is 0 Å². The van der Waals surface area contributed by atoms with Crippen LogP contribution in [-0.2, 0) is 0 Å². The zero-order valence-corrected chi connectivity index (χ0v) is 11.8. The Morgan fingerprint density at radius 2 is 1.91 bits per heavy atom. The average molecular weight is 301 g/mol. The Labute approximate surface area is 126 Å². The molecule has 5 N–H and O–H groups in total. The van der Waals surface area contributed by atoms with E-state index in [0.717, 1.165) is 5.56 Å². The second kappa shape index (κ2) is 7.04. The molecule has 0 aliphatic heterocycles. The molecule has 2 aromatic rings. The van der Waals surface area contributed by atoms with E-state index in [4.69, 9.17) is 10.3 Å². The Morgan fingerprint density at radius 3 is 2.55 bits per heavy atom. The van der Waals surface area contributed by atoms with Crippen LogP contribution in [0.3, 0.4) is 0 Å². The first-order valence-electron chi connectivity index (χ1n) is 6.36. The van der Waals surface area contributed by atoms with Gasteiger partial charge in [-0.25, -0.2) is 16.1 Å². The summed E-state index contributed by atoms with van der Waals surface area (Å²) >= 11 is 0. The molecule has 114 valence electrons. The number of hydrogen-bond acceptors (Lipinski definition) is 5. The molecule has 1 aromatic heterocycles. The van der Waals surface area contributed by atoms with Gasteiger partial charge in [-0.05, 0) is 24.3 Å². The number of hydrazine groups is 1. The number of hydrazone groups is 1. The van der Waals surface area contributed by atoms with Gasteiger partial charge < -0.3 is 9.73 Å². The van der Waals surface area contributed by atoms with Crippen molar-refractivity contribution >= 4 is 18.2 Å². The van der Waals surface area contributed by atoms with Crippen LogP contribution in [0.25, 0.3) is 11.3 Å². The SMILES string of the molecule is CNC(=O)c1ccc(-c2ccc(/C=N/NC(=O)NN)o2)cc1. The average Bonchev–Trinajstić information content (AvgIpc) is 3.03. The minimum absolute atomic E-state index is 0.150. The molecule has 0 aliphatic carbocycles. The predicted molar refractivity (Wildman–Crippen MR) is 81.0 cm³/mol. The number of rotatable bonds is 4. The van der Waals surface area contributed by atoms with E-state index in [0.29, 0.717) is 17.1 Å². The monoisotopic (exact) mass is 301 g/mol. The molecule has 0 saturated heterocycles. The molecule has 1 heterocycles. The van der Waals surface area contributed by atoms with E-state index in [1.807, 2.05) is 5.43 Å². The van der Waals surface area contributed by atoms with E-state index in [2.05, 4.69) is 15.8 Å². The molecule has 3 amide bonds. The topological polar surface area (TPSA) is 122 Å². The molecule has 1 aromatic carbocycles. The molecule has 0 fully saturated rings. The van der Waals surface area contributed by atoms with Crippen LogP contribution >= 0.6 is 0 Å². The standard InChI is InChI=1S/C14H15N5O3/c1-16-13(20)10-4-2-9(3-5-10)12-7-6-11(22-12)8-17-19-14(21)18-15/h2-8H,15H2,1H3,(H,16,20)(H2,18,19,21)/b17-8+. The fraction of sp³-hybridized carbons (Fsp3) is 0.0714. The summed E-state index contributed by atoms with van der Waals surface area (Å²) < 4.78 is 5.56. The highest BCUT2D eigenvalue weighted by Gasteiger charge is 2.06. The number of amides is 3. The number of furan rings is 1. The van der Waals surface area contributed by atoms with E-state index in [9.17, 15) is 9.59 Å². The van der Waals surface area contributed by atoms with Crippen molar-refractivity contribution in [3.8, 4) is 11.3 Å². The Morgan fingerprint density at radius 1 is 1.18 bits per heavy atom. The highest BCUT2D eigenvalue weighted by atomic mass is 16.3. The maximum atomic E-state index is 11.5. The zero-order chi connectivity index (χ0) is 15.9. The molecular formula is C14H15N5O3. The Kier molecular flexibility index (Phi) is 4.89. The van der Waals surface area contributed by atoms with Crippen LogP contribution in [-0.4, -0.2) is 25.2 Å². The third kappa shape index (κ3) is 3.70. The van der Waals surface area contributed by atoms with Crippen molar-refractivity contribution in [2.45, 2.75) is 0 Å². The fourth-order valence-electron chi connectivity index (χ4n) is 1.69. The molecule has 0 spiro atoms. The number of nitrogens with two attached hydrogens (primary N) is 1. The number of hydrogen-bond donors (Lipinski definition) is 4. The lowest BCUT2D eigenvalue weighted by Gasteiger charge is -2.01. The summed E-state index contributed by atoms with van der Waals surface area (Å²) in [4.78, 5) is 22.3. The fourth-order valence-corrected chi connectivity index (χ4v) is 1.69. The number of urea groups is 1. The zero-order valence-electron chi connectivity index (χ0n) is 11.8. The number of nitrogens with zero attached hydrogens (tertiary/aromatic N) is 1. The van der Waals surface area contributed by atoms with Crippen molar-refractivity contribution in [3.05, 3.63) is 47.7 Å². The number of carbonyl (C=O) groups is 2. The van der Waals surface area contributed by atoms with E-state index < -0.39 is 6.03 Å². The van der Waals surface area contributed by atoms with Gasteiger partial charge in [0.1, 0.15) is 11.5 Å². The van der Waals surface area contributed by atoms with E-state index in [-0.39, 0.29) is 5.91 Å². The molecule has 0 unspecified atom stereocenters. The van der Waals surface area contributed by atoms with Crippen molar-refractivity contribution in [3.63, 3.8) is 0 Å². The van der Waals surface area contributed by atoms with Crippen molar-refractivity contribution in [1.82, 2.24) is 16.2 Å². The van der Waals surface area contributed by atoms with Crippen molar-refractivity contribution in [1.29, 1.82) is 0 Å². The minimum Gasteiger partial charge on any atom is -0.455 e. The maximum Gasteiger partial charge on any atom is 0.349 e. The summed E-state index contributed by atoms with van der Waals surface area (Å²) in [7, 11) is 1.58. The van der Waals surface area contributed by atoms with E-state index in [1.54, 1.807) is 43.4 Å². The van der Waals surface area contributed by atoms with Gasteiger partial charge >= 0.3 is 6.03 Å². The molecule has 8 nitrogen and oxygen atoms in total. The normalized spacial score (nSPS) is 10.5. The van der Waals surface area contributed by atoms with Crippen LogP contribution in [0.15, 0.2) is 45.9 Å². The highest BCUT2D eigenvalue weighted by molar-refractivity contribution is 5.94. The predicted octanol–water partition coefficient (Wildman–Crippen LogP) is 0.813. The molecule has 0 aliphatic rings. The van der Waals surface area contributed by atoms with Crippen LogP contribution in [0.1, 0.15) is 16.1 Å². The first-order chi connectivity index (χ1) is 10.6. The summed E-state index contributed by atoms with van der Waals surface area (Å²) in [5.41, 5.74) is 5.41. The van der Waals surface area contributed by atoms with Gasteiger partial charge in [-0.1, -0.05) is 12.1 Å². The van der Waals surface area contributed by atoms with Gasteiger partial charge in [-0.15, -0.1) is 0 Å². The Balaban J connectivity index is 2.08. The first kappa shape index (κ1) is 15.3. The van der Waals surface area contributed by atoms with Crippen LogP contribution in [0.5, 0.6) is 0 Å². The summed E-state index contributed by atoms with van der Waals surface area (Å²) in [5.74, 6) is 5.82. The van der Waals surface area contributed by atoms with Gasteiger partial charge in [0, 0.05) is 18.2 Å². The van der Waals surface area contributed by atoms with Crippen molar-refractivity contribution < 1.29 is 14.0 Å². The van der Waals surface area contributed by atoms with Crippen LogP contribution in [0.2, 0.25) is 0 Å². The molecular weight excluding hydrogens is 286 g/mol. The first-order valence-corrected chi connectivity index (χ1v) is 6.36. The van der Waals surface area contributed by atoms with Crippen molar-refractivity contribution in [2.75, 3.05) is 7.05 Å². The highest BCUT2D eigenvalue weighted by Crippen LogP contribution is 2.22. The molecule has 0 bridgehead atoms. The van der Waals surface area contributed by atoms with Crippen LogP contribution in [0, 0.1) is 0 Å². The summed E-state index contributed by atoms with van der Waals surface area (Å²) in [6.07, 6.45) is 1.34. The molecule has 2 rings (SSSR count). The summed E-state index contributed by atoms with van der Waals surface area (Å²) in [6, 6.07) is 9.81. The molecule has 0 radical (unpaired) electrons. The number of carbonyl (C=O) groups excluding carboxylic acids is 2. The maximum absolute atomic E-state index is 11.5. The smallest absolute Gasteiger partial charge is 0.349 e. The second-order valence-electron chi connectivity index (χ2n) is 4.20. The Bertz CT molecular complexity index is 691. The number of nitrogens with one attached hydrogen (secondary N) is 3. The summed E-state index contributed by atoms with van der Waals surface area (Å²) in [5, 5.41) is 6.21. The van der Waals surface area contributed by atoms with Gasteiger partial charge in [0.15, 0.2) is 0 Å². The van der Waals surface area contributed by atoms with Crippen molar-refractivity contribution in [2.24, 2.45) is 10.9 Å². The molecule has 8 heteroatoms.